The molecule has 0 bridgehead atoms. The number of benzene rings is 1. The number of piperidine rings is 1. The van der Waals surface area contributed by atoms with Crippen LogP contribution in [0.4, 0.5) is 4.39 Å². The fraction of sp³-hybridized carbons (Fsp3) is 0.400. The highest BCUT2D eigenvalue weighted by molar-refractivity contribution is 6.04. The van der Waals surface area contributed by atoms with Crippen molar-refractivity contribution in [2.75, 3.05) is 13.1 Å². The first-order chi connectivity index (χ1) is 12.4. The molecule has 1 aromatic carbocycles. The Morgan fingerprint density at radius 2 is 2.04 bits per heavy atom. The molecule has 3 rings (SSSR count). The second-order valence-corrected chi connectivity index (χ2v) is 6.83. The van der Waals surface area contributed by atoms with Gasteiger partial charge in [-0.1, -0.05) is 6.07 Å². The number of nitrogens with one attached hydrogen (secondary N) is 1. The number of rotatable bonds is 4. The maximum Gasteiger partial charge on any atom is 0.232 e. The van der Waals surface area contributed by atoms with E-state index in [-0.39, 0.29) is 11.9 Å². The van der Waals surface area contributed by atoms with Crippen LogP contribution < -0.4 is 10.1 Å². The van der Waals surface area contributed by atoms with E-state index in [1.54, 1.807) is 12.1 Å². The molecule has 5 nitrogen and oxygen atoms in total. The highest BCUT2D eigenvalue weighted by Crippen LogP contribution is 2.21. The first-order valence-electron chi connectivity index (χ1n) is 8.98. The lowest BCUT2D eigenvalue weighted by atomic mass is 10.0. The Hall–Kier alpha value is -2.47. The van der Waals surface area contributed by atoms with Crippen LogP contribution in [0.15, 0.2) is 52.3 Å². The molecule has 2 heterocycles. The van der Waals surface area contributed by atoms with E-state index in [9.17, 15) is 4.39 Å². The molecule has 2 aliphatic heterocycles. The van der Waals surface area contributed by atoms with Crippen LogP contribution in [0, 0.1) is 11.2 Å². The number of aliphatic imine (C=N–C) groups is 1. The second-order valence-electron chi connectivity index (χ2n) is 6.83. The summed E-state index contributed by atoms with van der Waals surface area (Å²) in [6, 6.07) is 6.27. The molecule has 1 aromatic rings. The standard InChI is InChI=1S/C20H25FN4O/c1-13-12-23-20(24-13)15(3)14(2)19(22)25-9-7-17(8-10-25)26-18-6-4-5-16(21)11-18/h4-6,11-12,17,22H,7-10H2,1-3H3,(H,23,24)/p+1/b15-14-,22-19?. The van der Waals surface area contributed by atoms with E-state index >= 15 is 0 Å². The molecule has 26 heavy (non-hydrogen) atoms. The van der Waals surface area contributed by atoms with Crippen molar-refractivity contribution in [3.05, 3.63) is 53.1 Å². The molecule has 2 aliphatic rings. The van der Waals surface area contributed by atoms with Gasteiger partial charge >= 0.3 is 0 Å². The van der Waals surface area contributed by atoms with E-state index in [1.807, 2.05) is 32.3 Å². The fourth-order valence-electron chi connectivity index (χ4n) is 3.21. The highest BCUT2D eigenvalue weighted by atomic mass is 19.1. The Labute approximate surface area is 153 Å². The Bertz CT molecular complexity index is 789. The van der Waals surface area contributed by atoms with Crippen LogP contribution in [0.1, 0.15) is 33.6 Å². The van der Waals surface area contributed by atoms with Gasteiger partial charge in [0.1, 0.15) is 29.7 Å². The zero-order valence-electron chi connectivity index (χ0n) is 15.6. The predicted molar refractivity (Wildman–Crippen MR) is 101 cm³/mol. The summed E-state index contributed by atoms with van der Waals surface area (Å²) in [6.45, 7) is 7.50. The van der Waals surface area contributed by atoms with E-state index in [2.05, 4.69) is 9.89 Å². The van der Waals surface area contributed by atoms with Crippen molar-refractivity contribution in [1.82, 2.24) is 4.90 Å². The van der Waals surface area contributed by atoms with Crippen molar-refractivity contribution in [2.24, 2.45) is 4.99 Å². The molecule has 1 saturated heterocycles. The molecule has 6 heteroatoms. The molecular weight excluding hydrogens is 331 g/mol. The minimum atomic E-state index is -0.283. The summed E-state index contributed by atoms with van der Waals surface area (Å²) in [5, 5.41) is 10.5. The highest BCUT2D eigenvalue weighted by Gasteiger charge is 2.25. The maximum absolute atomic E-state index is 13.3. The number of allylic oxidation sites excluding steroid dienone is 1. The van der Waals surface area contributed by atoms with Crippen LogP contribution in [-0.4, -0.2) is 35.8 Å². The van der Waals surface area contributed by atoms with Crippen LogP contribution in [0.2, 0.25) is 0 Å². The third-order valence-electron chi connectivity index (χ3n) is 4.94. The molecule has 0 aliphatic carbocycles. The average Bonchev–Trinajstić information content (AvgIpc) is 3.07. The van der Waals surface area contributed by atoms with E-state index < -0.39 is 0 Å². The van der Waals surface area contributed by atoms with Gasteiger partial charge in [-0.2, -0.15) is 4.99 Å². The fourth-order valence-corrected chi connectivity index (χ4v) is 3.21. The topological polar surface area (TPSA) is 65.3 Å². The smallest absolute Gasteiger partial charge is 0.232 e. The van der Waals surface area contributed by atoms with Gasteiger partial charge in [-0.15, -0.1) is 0 Å². The summed E-state index contributed by atoms with van der Waals surface area (Å²) < 4.78 is 19.2. The number of nitrogens with two attached hydrogens (primary N) is 1. The van der Waals surface area contributed by atoms with Crippen LogP contribution in [-0.2, 0) is 0 Å². The number of likely N-dealkylation sites (tertiary alicyclic amines) is 1. The van der Waals surface area contributed by atoms with Crippen molar-refractivity contribution < 1.29 is 14.4 Å². The molecule has 3 N–H and O–H groups in total. The Morgan fingerprint density at radius 3 is 2.65 bits per heavy atom. The van der Waals surface area contributed by atoms with Crippen molar-refractivity contribution in [2.45, 2.75) is 39.7 Å². The minimum Gasteiger partial charge on any atom is -0.490 e. The van der Waals surface area contributed by atoms with Crippen molar-refractivity contribution in [3.8, 4) is 5.75 Å². The number of hydrogen-bond donors (Lipinski definition) is 2. The van der Waals surface area contributed by atoms with Crippen LogP contribution in [0.25, 0.3) is 0 Å². The second kappa shape index (κ2) is 7.83. The monoisotopic (exact) mass is 357 g/mol. The SMILES string of the molecule is CC1=C[NH2+]C(/C(C)=C(/C)C(=N)N2CCC(Oc3cccc(F)c3)CC2)=N1. The first-order valence-corrected chi connectivity index (χ1v) is 8.98. The van der Waals surface area contributed by atoms with Crippen molar-refractivity contribution in [3.63, 3.8) is 0 Å². The third-order valence-corrected chi connectivity index (χ3v) is 4.94. The van der Waals surface area contributed by atoms with Crippen LogP contribution in [0.3, 0.4) is 0 Å². The van der Waals surface area contributed by atoms with Gasteiger partial charge in [0, 0.05) is 43.1 Å². The van der Waals surface area contributed by atoms with E-state index in [4.69, 9.17) is 10.1 Å². The molecule has 0 unspecified atom stereocenters. The number of ether oxygens (including phenoxy) is 1. The van der Waals surface area contributed by atoms with Crippen LogP contribution in [0.5, 0.6) is 5.75 Å². The third kappa shape index (κ3) is 4.19. The molecule has 0 atom stereocenters. The van der Waals surface area contributed by atoms with Crippen molar-refractivity contribution in [1.29, 1.82) is 5.41 Å². The average molecular weight is 357 g/mol. The number of nitrogens with zero attached hydrogens (tertiary/aromatic N) is 2. The summed E-state index contributed by atoms with van der Waals surface area (Å²) in [4.78, 5) is 6.58. The molecular formula is C20H26FN4O+. The lowest BCUT2D eigenvalue weighted by Crippen LogP contribution is -2.81. The van der Waals surface area contributed by atoms with Gasteiger partial charge in [0.2, 0.25) is 5.84 Å². The molecule has 0 aromatic heterocycles. The first kappa shape index (κ1) is 18.3. The lowest BCUT2D eigenvalue weighted by molar-refractivity contribution is -0.457. The van der Waals surface area contributed by atoms with E-state index in [0.717, 1.165) is 48.6 Å². The molecule has 0 spiro atoms. The van der Waals surface area contributed by atoms with Crippen LogP contribution >= 0.6 is 0 Å². The van der Waals surface area contributed by atoms with Gasteiger partial charge in [0.05, 0.1) is 5.70 Å². The largest absolute Gasteiger partial charge is 0.490 e. The van der Waals surface area contributed by atoms with Gasteiger partial charge in [0.15, 0.2) is 0 Å². The number of hydrogen-bond acceptors (Lipinski definition) is 3. The van der Waals surface area contributed by atoms with Gasteiger partial charge in [-0.3, -0.25) is 10.7 Å². The summed E-state index contributed by atoms with van der Waals surface area (Å²) >= 11 is 0. The molecule has 1 fully saturated rings. The Kier molecular flexibility index (Phi) is 5.52. The molecule has 0 radical (unpaired) electrons. The maximum atomic E-state index is 13.3. The van der Waals surface area contributed by atoms with Gasteiger partial charge < -0.3 is 9.64 Å². The van der Waals surface area contributed by atoms with Gasteiger partial charge in [-0.25, -0.2) is 4.39 Å². The minimum absolute atomic E-state index is 0.0608. The zero-order valence-corrected chi connectivity index (χ0v) is 15.6. The van der Waals surface area contributed by atoms with E-state index in [1.165, 1.54) is 12.1 Å². The normalized spacial score (nSPS) is 19.0. The molecule has 138 valence electrons. The van der Waals surface area contributed by atoms with Crippen molar-refractivity contribution >= 4 is 11.7 Å². The van der Waals surface area contributed by atoms with Gasteiger partial charge in [-0.05, 0) is 32.9 Å². The lowest BCUT2D eigenvalue weighted by Gasteiger charge is -2.34. The summed E-state index contributed by atoms with van der Waals surface area (Å²) in [6.07, 6.45) is 3.69. The quantitative estimate of drug-likeness (QED) is 0.643. The molecule has 0 saturated carbocycles. The summed E-state index contributed by atoms with van der Waals surface area (Å²) in [5.74, 6) is 1.78. The number of halogens is 1. The zero-order chi connectivity index (χ0) is 18.7. The number of amidine groups is 2. The summed E-state index contributed by atoms with van der Waals surface area (Å²) in [7, 11) is 0. The number of quaternary nitrogens is 1. The summed E-state index contributed by atoms with van der Waals surface area (Å²) in [5.41, 5.74) is 2.99. The Balaban J connectivity index is 1.57. The molecule has 0 amide bonds. The Morgan fingerprint density at radius 1 is 1.31 bits per heavy atom. The van der Waals surface area contributed by atoms with Gasteiger partial charge in [0.25, 0.3) is 0 Å². The van der Waals surface area contributed by atoms with E-state index in [0.29, 0.717) is 11.6 Å². The predicted octanol–water partition coefficient (Wildman–Crippen LogP) is 2.82.